The smallest absolute Gasteiger partial charge is 0.253 e. The van der Waals surface area contributed by atoms with E-state index in [0.29, 0.717) is 25.1 Å². The van der Waals surface area contributed by atoms with Crippen molar-refractivity contribution in [3.05, 3.63) is 47.8 Å². The molecule has 1 unspecified atom stereocenters. The second-order valence-corrected chi connectivity index (χ2v) is 6.17. The number of aromatic nitrogens is 2. The Morgan fingerprint density at radius 2 is 2.12 bits per heavy atom. The predicted molar refractivity (Wildman–Crippen MR) is 96.0 cm³/mol. The van der Waals surface area contributed by atoms with Gasteiger partial charge < -0.3 is 24.9 Å². The number of para-hydroxylation sites is 1. The van der Waals surface area contributed by atoms with Crippen molar-refractivity contribution >= 4 is 22.7 Å². The lowest BCUT2D eigenvalue weighted by molar-refractivity contribution is 0.0675. The largest absolute Gasteiger partial charge is 0.378 e. The number of aromatic amines is 1. The third kappa shape index (κ3) is 3.10. The summed E-state index contributed by atoms with van der Waals surface area (Å²) in [6.07, 6.45) is 2.02. The van der Waals surface area contributed by atoms with E-state index in [1.54, 1.807) is 0 Å². The number of hydrogen-bond acceptors (Lipinski definition) is 4. The van der Waals surface area contributed by atoms with E-state index in [-0.39, 0.29) is 5.92 Å². The lowest BCUT2D eigenvalue weighted by Gasteiger charge is -2.27. The molecule has 0 bridgehead atoms. The number of ether oxygens (including phenoxy) is 1. The van der Waals surface area contributed by atoms with E-state index in [9.17, 15) is 0 Å². The molecule has 3 heterocycles. The highest BCUT2D eigenvalue weighted by molar-refractivity contribution is 5.84. The quantitative estimate of drug-likeness (QED) is 0.565. The maximum Gasteiger partial charge on any atom is 0.253 e. The number of fused-ring (bicyclic) bond motifs is 1. The second-order valence-electron chi connectivity index (χ2n) is 6.17. The maximum absolute atomic E-state index is 6.06. The van der Waals surface area contributed by atoms with Gasteiger partial charge in [-0.3, -0.25) is 0 Å². The zero-order valence-corrected chi connectivity index (χ0v) is 14.1. The highest BCUT2D eigenvalue weighted by atomic mass is 16.5. The molecule has 1 fully saturated rings. The standard InChI is InChI=1S/C18H21N5O2/c1-12(14-11-20-15-5-3-2-4-13(14)15)16-10-17(25-22-16)21-18(19)23-6-8-24-9-7-23/h2-5,10-12,20H,6-9H2,1H3,(H2,19,21). The fourth-order valence-corrected chi connectivity index (χ4v) is 3.12. The molecule has 4 rings (SSSR count). The fourth-order valence-electron chi connectivity index (χ4n) is 3.12. The van der Waals surface area contributed by atoms with Crippen molar-refractivity contribution in [3.63, 3.8) is 0 Å². The summed E-state index contributed by atoms with van der Waals surface area (Å²) in [6.45, 7) is 4.90. The summed E-state index contributed by atoms with van der Waals surface area (Å²) in [4.78, 5) is 9.63. The highest BCUT2D eigenvalue weighted by Crippen LogP contribution is 2.31. The van der Waals surface area contributed by atoms with Gasteiger partial charge >= 0.3 is 0 Å². The molecule has 3 aromatic rings. The number of rotatable bonds is 3. The molecule has 130 valence electrons. The summed E-state index contributed by atoms with van der Waals surface area (Å²) in [6, 6.07) is 10.1. The van der Waals surface area contributed by atoms with Gasteiger partial charge in [0.25, 0.3) is 5.88 Å². The van der Waals surface area contributed by atoms with Crippen molar-refractivity contribution in [1.29, 1.82) is 0 Å². The third-order valence-corrected chi connectivity index (χ3v) is 4.61. The minimum absolute atomic E-state index is 0.0912. The zero-order chi connectivity index (χ0) is 17.2. The van der Waals surface area contributed by atoms with Gasteiger partial charge in [0.1, 0.15) is 0 Å². The number of hydrogen-bond donors (Lipinski definition) is 2. The summed E-state index contributed by atoms with van der Waals surface area (Å²) < 4.78 is 10.7. The molecular formula is C18H21N5O2. The Morgan fingerprint density at radius 3 is 2.96 bits per heavy atom. The minimum atomic E-state index is 0.0912. The van der Waals surface area contributed by atoms with Crippen molar-refractivity contribution in [3.8, 4) is 0 Å². The lowest BCUT2D eigenvalue weighted by Crippen LogP contribution is -2.44. The molecule has 25 heavy (non-hydrogen) atoms. The number of guanidine groups is 1. The van der Waals surface area contributed by atoms with Crippen LogP contribution < -0.4 is 5.73 Å². The molecule has 0 spiro atoms. The van der Waals surface area contributed by atoms with Crippen LogP contribution in [0.2, 0.25) is 0 Å². The molecule has 0 amide bonds. The van der Waals surface area contributed by atoms with Crippen LogP contribution in [0.5, 0.6) is 0 Å². The lowest BCUT2D eigenvalue weighted by atomic mass is 9.97. The second kappa shape index (κ2) is 6.60. The van der Waals surface area contributed by atoms with E-state index in [1.807, 2.05) is 29.3 Å². The summed E-state index contributed by atoms with van der Waals surface area (Å²) in [5, 5.41) is 5.37. The number of nitrogens with one attached hydrogen (secondary N) is 1. The van der Waals surface area contributed by atoms with E-state index in [4.69, 9.17) is 15.0 Å². The predicted octanol–water partition coefficient (Wildman–Crippen LogP) is 2.59. The van der Waals surface area contributed by atoms with Crippen LogP contribution in [0.3, 0.4) is 0 Å². The number of aliphatic imine (C=N–C) groups is 1. The molecule has 1 aliphatic rings. The van der Waals surface area contributed by atoms with E-state index in [1.165, 1.54) is 10.9 Å². The number of H-pyrrole nitrogens is 1. The van der Waals surface area contributed by atoms with E-state index in [0.717, 1.165) is 24.3 Å². The molecule has 0 radical (unpaired) electrons. The van der Waals surface area contributed by atoms with Gasteiger partial charge in [-0.1, -0.05) is 30.3 Å². The van der Waals surface area contributed by atoms with Gasteiger partial charge in [-0.05, 0) is 11.6 Å². The molecule has 1 aliphatic heterocycles. The monoisotopic (exact) mass is 339 g/mol. The molecule has 1 atom stereocenters. The maximum atomic E-state index is 6.06. The Labute approximate surface area is 145 Å². The van der Waals surface area contributed by atoms with Crippen LogP contribution in [0.4, 0.5) is 5.88 Å². The first-order chi connectivity index (χ1) is 12.2. The van der Waals surface area contributed by atoms with Crippen molar-refractivity contribution in [2.24, 2.45) is 10.7 Å². The Hall–Kier alpha value is -2.80. The Morgan fingerprint density at radius 1 is 1.32 bits per heavy atom. The van der Waals surface area contributed by atoms with Crippen LogP contribution in [0.1, 0.15) is 24.1 Å². The number of nitrogens with two attached hydrogens (primary N) is 1. The highest BCUT2D eigenvalue weighted by Gasteiger charge is 2.18. The van der Waals surface area contributed by atoms with Crippen LogP contribution >= 0.6 is 0 Å². The van der Waals surface area contributed by atoms with Crippen LogP contribution in [-0.4, -0.2) is 47.3 Å². The number of benzene rings is 1. The molecule has 2 aromatic heterocycles. The Balaban J connectivity index is 1.56. The van der Waals surface area contributed by atoms with Gasteiger partial charge in [-0.15, -0.1) is 0 Å². The first-order valence-electron chi connectivity index (χ1n) is 8.42. The van der Waals surface area contributed by atoms with E-state index in [2.05, 4.69) is 34.2 Å². The molecule has 3 N–H and O–H groups in total. The first kappa shape index (κ1) is 15.7. The van der Waals surface area contributed by atoms with Gasteiger partial charge in [0.15, 0.2) is 5.96 Å². The van der Waals surface area contributed by atoms with Gasteiger partial charge in [-0.25, -0.2) is 0 Å². The van der Waals surface area contributed by atoms with Crippen molar-refractivity contribution in [2.75, 3.05) is 26.3 Å². The van der Waals surface area contributed by atoms with Crippen LogP contribution in [-0.2, 0) is 4.74 Å². The molecular weight excluding hydrogens is 318 g/mol. The van der Waals surface area contributed by atoms with E-state index >= 15 is 0 Å². The van der Waals surface area contributed by atoms with Gasteiger partial charge in [0.05, 0.1) is 18.9 Å². The molecule has 1 aromatic carbocycles. The fraction of sp³-hybridized carbons (Fsp3) is 0.333. The normalized spacial score (nSPS) is 17.2. The summed E-state index contributed by atoms with van der Waals surface area (Å²) >= 11 is 0. The number of nitrogens with zero attached hydrogens (tertiary/aromatic N) is 3. The first-order valence-corrected chi connectivity index (χ1v) is 8.42. The summed E-state index contributed by atoms with van der Waals surface area (Å²) in [5.74, 6) is 0.949. The summed E-state index contributed by atoms with van der Waals surface area (Å²) in [7, 11) is 0. The molecule has 7 nitrogen and oxygen atoms in total. The SMILES string of the molecule is CC(c1cc(/N=C(\N)N2CCOCC2)on1)c1c[nH]c2ccccc12. The van der Waals surface area contributed by atoms with Crippen molar-refractivity contribution < 1.29 is 9.26 Å². The zero-order valence-electron chi connectivity index (χ0n) is 14.1. The third-order valence-electron chi connectivity index (χ3n) is 4.61. The van der Waals surface area contributed by atoms with Crippen LogP contribution in [0.25, 0.3) is 10.9 Å². The van der Waals surface area contributed by atoms with Crippen LogP contribution in [0.15, 0.2) is 46.0 Å². The Bertz CT molecular complexity index is 892. The van der Waals surface area contributed by atoms with Crippen molar-refractivity contribution in [1.82, 2.24) is 15.0 Å². The van der Waals surface area contributed by atoms with Gasteiger partial charge in [-0.2, -0.15) is 4.99 Å². The van der Waals surface area contributed by atoms with Crippen LogP contribution in [0, 0.1) is 0 Å². The van der Waals surface area contributed by atoms with Gasteiger partial charge in [0.2, 0.25) is 0 Å². The average molecular weight is 339 g/mol. The Kier molecular flexibility index (Phi) is 4.15. The molecule has 0 aliphatic carbocycles. The molecule has 7 heteroatoms. The average Bonchev–Trinajstić information content (AvgIpc) is 3.29. The van der Waals surface area contributed by atoms with Gasteiger partial charge in [0, 0.05) is 42.2 Å². The minimum Gasteiger partial charge on any atom is -0.378 e. The molecule has 1 saturated heterocycles. The molecule has 0 saturated carbocycles. The van der Waals surface area contributed by atoms with E-state index < -0.39 is 0 Å². The summed E-state index contributed by atoms with van der Waals surface area (Å²) in [5.41, 5.74) is 9.19. The number of morpholine rings is 1. The topological polar surface area (TPSA) is 92.7 Å². The van der Waals surface area contributed by atoms with Crippen molar-refractivity contribution in [2.45, 2.75) is 12.8 Å².